The van der Waals surface area contributed by atoms with Gasteiger partial charge in [-0.15, -0.1) is 0 Å². The molecule has 0 aliphatic heterocycles. The summed E-state index contributed by atoms with van der Waals surface area (Å²) in [4.78, 5) is 36.1. The van der Waals surface area contributed by atoms with Crippen LogP contribution in [0.25, 0.3) is 0 Å². The zero-order valence-corrected chi connectivity index (χ0v) is 16.6. The van der Waals surface area contributed by atoms with Crippen molar-refractivity contribution >= 4 is 29.2 Å². The lowest BCUT2D eigenvalue weighted by Gasteiger charge is -2.20. The Hall–Kier alpha value is -3.35. The molecule has 0 unspecified atom stereocenters. The number of aryl methyl sites for hydroxylation is 1. The molecule has 7 heteroatoms. The maximum Gasteiger partial charge on any atom is 0.321 e. The van der Waals surface area contributed by atoms with Crippen molar-refractivity contribution in [1.82, 2.24) is 10.6 Å². The van der Waals surface area contributed by atoms with Crippen molar-refractivity contribution in [2.75, 3.05) is 17.2 Å². The molecule has 0 atom stereocenters. The maximum absolute atomic E-state index is 12.4. The average Bonchev–Trinajstić information content (AvgIpc) is 2.60. The van der Waals surface area contributed by atoms with Crippen molar-refractivity contribution in [3.63, 3.8) is 0 Å². The van der Waals surface area contributed by atoms with Crippen LogP contribution in [-0.2, 0) is 4.79 Å². The first-order valence-electron chi connectivity index (χ1n) is 8.97. The van der Waals surface area contributed by atoms with Gasteiger partial charge in [0, 0.05) is 22.5 Å². The van der Waals surface area contributed by atoms with E-state index in [9.17, 15) is 14.4 Å². The summed E-state index contributed by atoms with van der Waals surface area (Å²) in [6, 6.07) is 13.8. The lowest BCUT2D eigenvalue weighted by molar-refractivity contribution is -0.118. The molecule has 0 aliphatic carbocycles. The fourth-order valence-electron chi connectivity index (χ4n) is 2.40. The van der Waals surface area contributed by atoms with Crippen molar-refractivity contribution in [3.05, 3.63) is 59.7 Å². The summed E-state index contributed by atoms with van der Waals surface area (Å²) in [6.45, 7) is 7.24. The molecule has 148 valence electrons. The first-order valence-corrected chi connectivity index (χ1v) is 8.97. The van der Waals surface area contributed by atoms with E-state index in [0.717, 1.165) is 5.56 Å². The Labute approximate surface area is 164 Å². The van der Waals surface area contributed by atoms with Crippen molar-refractivity contribution < 1.29 is 14.4 Å². The van der Waals surface area contributed by atoms with E-state index in [0.29, 0.717) is 16.9 Å². The van der Waals surface area contributed by atoms with Gasteiger partial charge in [-0.25, -0.2) is 4.79 Å². The summed E-state index contributed by atoms with van der Waals surface area (Å²) in [5.74, 6) is -0.719. The van der Waals surface area contributed by atoms with E-state index >= 15 is 0 Å². The highest BCUT2D eigenvalue weighted by Gasteiger charge is 2.16. The third-order valence-corrected chi connectivity index (χ3v) is 3.71. The second-order valence-electron chi connectivity index (χ2n) is 7.46. The van der Waals surface area contributed by atoms with Crippen LogP contribution >= 0.6 is 0 Å². The fourth-order valence-corrected chi connectivity index (χ4v) is 2.40. The van der Waals surface area contributed by atoms with E-state index in [2.05, 4.69) is 21.3 Å². The summed E-state index contributed by atoms with van der Waals surface area (Å²) in [6.07, 6.45) is 0. The summed E-state index contributed by atoms with van der Waals surface area (Å²) in [5.41, 5.74) is 2.25. The van der Waals surface area contributed by atoms with E-state index in [4.69, 9.17) is 0 Å². The number of carbonyl (C=O) groups is 3. The third-order valence-electron chi connectivity index (χ3n) is 3.71. The van der Waals surface area contributed by atoms with E-state index in [1.807, 2.05) is 45.9 Å². The Kier molecular flexibility index (Phi) is 6.76. The third kappa shape index (κ3) is 6.75. The molecule has 0 spiro atoms. The summed E-state index contributed by atoms with van der Waals surface area (Å²) in [7, 11) is 0. The number of nitrogens with one attached hydrogen (secondary N) is 4. The number of anilines is 2. The second-order valence-corrected chi connectivity index (χ2v) is 7.46. The molecule has 0 aliphatic rings. The Balaban J connectivity index is 1.96. The molecule has 4 N–H and O–H groups in total. The first-order chi connectivity index (χ1) is 13.1. The number of imide groups is 1. The number of amides is 4. The van der Waals surface area contributed by atoms with Crippen molar-refractivity contribution in [2.24, 2.45) is 0 Å². The van der Waals surface area contributed by atoms with Crippen LogP contribution in [0.2, 0.25) is 0 Å². The van der Waals surface area contributed by atoms with Crippen LogP contribution in [-0.4, -0.2) is 29.9 Å². The second kappa shape index (κ2) is 9.03. The number of benzene rings is 2. The Bertz CT molecular complexity index is 858. The molecule has 28 heavy (non-hydrogen) atoms. The molecule has 2 aromatic carbocycles. The van der Waals surface area contributed by atoms with Gasteiger partial charge in [-0.2, -0.15) is 0 Å². The smallest absolute Gasteiger partial charge is 0.321 e. The van der Waals surface area contributed by atoms with Crippen LogP contribution in [0.3, 0.4) is 0 Å². The zero-order chi connectivity index (χ0) is 20.7. The molecule has 2 aromatic rings. The number of para-hydroxylation sites is 1. The number of hydrogen-bond acceptors (Lipinski definition) is 4. The summed E-state index contributed by atoms with van der Waals surface area (Å²) in [5, 5.41) is 10.7. The van der Waals surface area contributed by atoms with Gasteiger partial charge in [0.15, 0.2) is 0 Å². The summed E-state index contributed by atoms with van der Waals surface area (Å²) >= 11 is 0. The van der Waals surface area contributed by atoms with Crippen LogP contribution in [0.5, 0.6) is 0 Å². The van der Waals surface area contributed by atoms with Crippen LogP contribution in [0.4, 0.5) is 16.2 Å². The van der Waals surface area contributed by atoms with Crippen molar-refractivity contribution in [1.29, 1.82) is 0 Å². The topological polar surface area (TPSA) is 99.3 Å². The molecule has 0 heterocycles. The first kappa shape index (κ1) is 21.0. The average molecular weight is 382 g/mol. The highest BCUT2D eigenvalue weighted by Crippen LogP contribution is 2.18. The van der Waals surface area contributed by atoms with Gasteiger partial charge in [-0.1, -0.05) is 24.3 Å². The van der Waals surface area contributed by atoms with Gasteiger partial charge < -0.3 is 16.0 Å². The van der Waals surface area contributed by atoms with Gasteiger partial charge in [-0.05, 0) is 57.5 Å². The van der Waals surface area contributed by atoms with Gasteiger partial charge in [0.2, 0.25) is 5.91 Å². The van der Waals surface area contributed by atoms with Gasteiger partial charge in [0.1, 0.15) is 0 Å². The molecule has 4 amide bonds. The molecule has 0 bridgehead atoms. The predicted octanol–water partition coefficient (Wildman–Crippen LogP) is 3.28. The molecule has 0 aromatic heterocycles. The lowest BCUT2D eigenvalue weighted by Crippen LogP contribution is -2.49. The standard InChI is InChI=1S/C21H26N4O3/c1-14-10-11-15(19(27)23-16-8-6-5-7-9-16)12-17(14)22-13-18(26)24-20(28)25-21(2,3)4/h5-12,22H,13H2,1-4H3,(H,23,27)(H2,24,25,26,28). The fraction of sp³-hybridized carbons (Fsp3) is 0.286. The normalized spacial score (nSPS) is 10.7. The monoisotopic (exact) mass is 382 g/mol. The SMILES string of the molecule is Cc1ccc(C(=O)Nc2ccccc2)cc1NCC(=O)NC(=O)NC(C)(C)C. The molecule has 0 fully saturated rings. The minimum Gasteiger partial charge on any atom is -0.376 e. The van der Waals surface area contributed by atoms with Gasteiger partial charge in [-0.3, -0.25) is 14.9 Å². The number of rotatable bonds is 5. The Morgan fingerprint density at radius 1 is 0.964 bits per heavy atom. The van der Waals surface area contributed by atoms with Crippen molar-refractivity contribution in [2.45, 2.75) is 33.2 Å². The van der Waals surface area contributed by atoms with E-state index in [1.165, 1.54) is 0 Å². The quantitative estimate of drug-likeness (QED) is 0.638. The molecule has 2 rings (SSSR count). The minimum atomic E-state index is -0.549. The van der Waals surface area contributed by atoms with Gasteiger partial charge in [0.05, 0.1) is 6.54 Å². The van der Waals surface area contributed by atoms with E-state index < -0.39 is 17.5 Å². The molecule has 0 saturated carbocycles. The van der Waals surface area contributed by atoms with E-state index in [-0.39, 0.29) is 12.5 Å². The predicted molar refractivity (Wildman–Crippen MR) is 110 cm³/mol. The largest absolute Gasteiger partial charge is 0.376 e. The highest BCUT2D eigenvalue weighted by molar-refractivity contribution is 6.05. The van der Waals surface area contributed by atoms with Gasteiger partial charge >= 0.3 is 6.03 Å². The zero-order valence-electron chi connectivity index (χ0n) is 16.6. The van der Waals surface area contributed by atoms with Crippen LogP contribution < -0.4 is 21.3 Å². The molecule has 7 nitrogen and oxygen atoms in total. The number of urea groups is 1. The molecular formula is C21H26N4O3. The number of hydrogen-bond donors (Lipinski definition) is 4. The summed E-state index contributed by atoms with van der Waals surface area (Å²) < 4.78 is 0. The molecule has 0 saturated heterocycles. The van der Waals surface area contributed by atoms with E-state index in [1.54, 1.807) is 30.3 Å². The van der Waals surface area contributed by atoms with Crippen LogP contribution in [0, 0.1) is 6.92 Å². The molecular weight excluding hydrogens is 356 g/mol. The van der Waals surface area contributed by atoms with Gasteiger partial charge in [0.25, 0.3) is 5.91 Å². The van der Waals surface area contributed by atoms with Crippen LogP contribution in [0.1, 0.15) is 36.7 Å². The lowest BCUT2D eigenvalue weighted by atomic mass is 10.1. The minimum absolute atomic E-state index is 0.0951. The molecule has 0 radical (unpaired) electrons. The Morgan fingerprint density at radius 2 is 1.64 bits per heavy atom. The Morgan fingerprint density at radius 3 is 2.29 bits per heavy atom. The highest BCUT2D eigenvalue weighted by atomic mass is 16.2. The number of carbonyl (C=O) groups excluding carboxylic acids is 3. The van der Waals surface area contributed by atoms with Crippen LogP contribution in [0.15, 0.2) is 48.5 Å². The maximum atomic E-state index is 12.4. The van der Waals surface area contributed by atoms with Crippen molar-refractivity contribution in [3.8, 4) is 0 Å².